The SMILES string of the molecule is O=S(=O)(N=[S@@](=O)(c1ccccc1)[C@@H](F)c1ccccc1)c1ccccc1. The van der Waals surface area contributed by atoms with E-state index in [2.05, 4.69) is 3.77 Å². The monoisotopic (exact) mass is 389 g/mol. The minimum Gasteiger partial charge on any atom is -0.240 e. The molecule has 26 heavy (non-hydrogen) atoms. The second-order valence-electron chi connectivity index (χ2n) is 5.47. The van der Waals surface area contributed by atoms with E-state index in [1.54, 1.807) is 42.5 Å². The maximum absolute atomic E-state index is 15.3. The average molecular weight is 389 g/mol. The Kier molecular flexibility index (Phi) is 5.20. The van der Waals surface area contributed by atoms with Gasteiger partial charge in [-0.2, -0.15) is 8.42 Å². The van der Waals surface area contributed by atoms with Crippen LogP contribution in [0.1, 0.15) is 11.1 Å². The summed E-state index contributed by atoms with van der Waals surface area (Å²) in [7, 11) is -8.24. The maximum Gasteiger partial charge on any atom is 0.290 e. The highest BCUT2D eigenvalue weighted by Gasteiger charge is 2.30. The van der Waals surface area contributed by atoms with Gasteiger partial charge in [0.15, 0.2) is 0 Å². The highest BCUT2D eigenvalue weighted by Crippen LogP contribution is 2.34. The lowest BCUT2D eigenvalue weighted by molar-refractivity contribution is 0.450. The van der Waals surface area contributed by atoms with Gasteiger partial charge in [0.25, 0.3) is 10.0 Å². The molecule has 0 aliphatic rings. The van der Waals surface area contributed by atoms with E-state index in [0.29, 0.717) is 0 Å². The molecular weight excluding hydrogens is 373 g/mol. The van der Waals surface area contributed by atoms with Crippen molar-refractivity contribution < 1.29 is 17.0 Å². The number of halogens is 1. The Bertz CT molecular complexity index is 1090. The Hall–Kier alpha value is -2.51. The van der Waals surface area contributed by atoms with Gasteiger partial charge in [-0.3, -0.25) is 0 Å². The fourth-order valence-electron chi connectivity index (χ4n) is 2.39. The number of rotatable bonds is 5. The van der Waals surface area contributed by atoms with Crippen LogP contribution in [0.3, 0.4) is 0 Å². The zero-order valence-electron chi connectivity index (χ0n) is 13.6. The summed E-state index contributed by atoms with van der Waals surface area (Å²) in [5.41, 5.74) is -1.99. The number of alkyl halides is 1. The van der Waals surface area contributed by atoms with E-state index in [1.165, 1.54) is 48.5 Å². The topological polar surface area (TPSA) is 63.6 Å². The van der Waals surface area contributed by atoms with Crippen molar-refractivity contribution in [3.63, 3.8) is 0 Å². The molecule has 0 unspecified atom stereocenters. The fourth-order valence-corrected chi connectivity index (χ4v) is 6.36. The predicted octanol–water partition coefficient (Wildman–Crippen LogP) is 4.57. The number of benzene rings is 3. The summed E-state index contributed by atoms with van der Waals surface area (Å²) in [5, 5.41) is 0. The molecule has 0 aliphatic carbocycles. The minimum atomic E-state index is -4.31. The minimum absolute atomic E-state index is 0.0239. The van der Waals surface area contributed by atoms with Crippen molar-refractivity contribution in [2.75, 3.05) is 0 Å². The van der Waals surface area contributed by atoms with Crippen LogP contribution in [0.15, 0.2) is 105 Å². The maximum atomic E-state index is 15.3. The van der Waals surface area contributed by atoms with Gasteiger partial charge >= 0.3 is 0 Å². The molecule has 0 N–H and O–H groups in total. The first-order valence-electron chi connectivity index (χ1n) is 7.75. The first-order chi connectivity index (χ1) is 12.4. The van der Waals surface area contributed by atoms with Gasteiger partial charge in [0, 0.05) is 0 Å². The van der Waals surface area contributed by atoms with Crippen LogP contribution >= 0.6 is 0 Å². The fraction of sp³-hybridized carbons (Fsp3) is 0.0526. The predicted molar refractivity (Wildman–Crippen MR) is 99.2 cm³/mol. The summed E-state index contributed by atoms with van der Waals surface area (Å²) in [6, 6.07) is 22.8. The molecule has 2 atom stereocenters. The molecule has 0 heterocycles. The standard InChI is InChI=1S/C19H16FNO3S2/c20-19(16-10-4-1-5-11-16)25(22,17-12-6-2-7-13-17)21-26(23,24)18-14-8-3-9-15-18/h1-15,19H/t19-,25-/m1/s1. The molecule has 0 saturated heterocycles. The first kappa shape index (κ1) is 18.3. The number of hydrogen-bond acceptors (Lipinski definition) is 3. The summed E-state index contributed by atoms with van der Waals surface area (Å²) in [6.45, 7) is 0. The number of sulfonamides is 1. The van der Waals surface area contributed by atoms with Crippen molar-refractivity contribution in [3.05, 3.63) is 96.6 Å². The zero-order valence-corrected chi connectivity index (χ0v) is 15.2. The van der Waals surface area contributed by atoms with Gasteiger partial charge in [-0.05, 0) is 29.8 Å². The third kappa shape index (κ3) is 3.68. The number of nitrogens with zero attached hydrogens (tertiary/aromatic N) is 1. The average Bonchev–Trinajstić information content (AvgIpc) is 2.69. The Balaban J connectivity index is 2.24. The van der Waals surface area contributed by atoms with Gasteiger partial charge in [0.2, 0.25) is 5.50 Å². The van der Waals surface area contributed by atoms with Gasteiger partial charge in [0.05, 0.1) is 9.79 Å². The molecule has 7 heteroatoms. The summed E-state index contributed by atoms with van der Waals surface area (Å²) >= 11 is 0. The molecule has 0 bridgehead atoms. The summed E-state index contributed by atoms with van der Waals surface area (Å²) < 4.78 is 57.7. The smallest absolute Gasteiger partial charge is 0.240 e. The summed E-state index contributed by atoms with van der Waals surface area (Å²) in [4.78, 5) is -0.111. The van der Waals surface area contributed by atoms with Crippen LogP contribution < -0.4 is 0 Å². The lowest BCUT2D eigenvalue weighted by Gasteiger charge is -2.15. The van der Waals surface area contributed by atoms with Gasteiger partial charge < -0.3 is 0 Å². The van der Waals surface area contributed by atoms with Crippen molar-refractivity contribution in [3.8, 4) is 0 Å². The molecule has 3 aromatic carbocycles. The van der Waals surface area contributed by atoms with E-state index in [4.69, 9.17) is 0 Å². The summed E-state index contributed by atoms with van der Waals surface area (Å²) in [6.07, 6.45) is 0. The molecule has 0 radical (unpaired) electrons. The molecule has 4 nitrogen and oxygen atoms in total. The normalized spacial score (nSPS) is 15.0. The molecule has 134 valence electrons. The van der Waals surface area contributed by atoms with Crippen LogP contribution in [-0.2, 0) is 19.8 Å². The van der Waals surface area contributed by atoms with Crippen LogP contribution in [0.25, 0.3) is 0 Å². The van der Waals surface area contributed by atoms with E-state index in [0.717, 1.165) is 0 Å². The van der Waals surface area contributed by atoms with E-state index < -0.39 is 25.3 Å². The highest BCUT2D eigenvalue weighted by atomic mass is 32.3. The first-order valence-corrected chi connectivity index (χ1v) is 10.8. The lowest BCUT2D eigenvalue weighted by Crippen LogP contribution is -2.13. The molecule has 0 amide bonds. The third-order valence-corrected chi connectivity index (χ3v) is 7.99. The van der Waals surface area contributed by atoms with Crippen molar-refractivity contribution in [1.29, 1.82) is 0 Å². The molecule has 3 rings (SSSR count). The largest absolute Gasteiger partial charge is 0.290 e. The van der Waals surface area contributed by atoms with Gasteiger partial charge in [-0.25, -0.2) is 8.60 Å². The van der Waals surface area contributed by atoms with E-state index in [1.807, 2.05) is 0 Å². The number of hydrogen-bond donors (Lipinski definition) is 0. The third-order valence-electron chi connectivity index (χ3n) is 3.67. The van der Waals surface area contributed by atoms with Crippen LogP contribution in [0, 0.1) is 0 Å². The van der Waals surface area contributed by atoms with E-state index >= 15 is 4.39 Å². The Morgan fingerprint density at radius 2 is 1.08 bits per heavy atom. The highest BCUT2D eigenvalue weighted by molar-refractivity contribution is 8.03. The van der Waals surface area contributed by atoms with Crippen LogP contribution in [-0.4, -0.2) is 12.6 Å². The Morgan fingerprint density at radius 1 is 0.654 bits per heavy atom. The van der Waals surface area contributed by atoms with Crippen molar-refractivity contribution in [2.45, 2.75) is 15.3 Å². The van der Waals surface area contributed by atoms with E-state index in [9.17, 15) is 12.6 Å². The van der Waals surface area contributed by atoms with E-state index in [-0.39, 0.29) is 15.4 Å². The summed E-state index contributed by atoms with van der Waals surface area (Å²) in [5.74, 6) is 0. The second-order valence-corrected chi connectivity index (χ2v) is 9.51. The quantitative estimate of drug-likeness (QED) is 0.642. The van der Waals surface area contributed by atoms with Crippen LogP contribution in [0.2, 0.25) is 0 Å². The van der Waals surface area contributed by atoms with Crippen molar-refractivity contribution in [1.82, 2.24) is 0 Å². The van der Waals surface area contributed by atoms with Gasteiger partial charge in [-0.15, -0.1) is 0 Å². The Labute approximate surface area is 152 Å². The molecule has 0 aromatic heterocycles. The molecule has 3 aromatic rings. The molecular formula is C19H16FNO3S2. The molecule has 0 aliphatic heterocycles. The van der Waals surface area contributed by atoms with Crippen LogP contribution in [0.4, 0.5) is 4.39 Å². The van der Waals surface area contributed by atoms with Gasteiger partial charge in [-0.1, -0.05) is 70.5 Å². The van der Waals surface area contributed by atoms with Crippen molar-refractivity contribution >= 4 is 19.8 Å². The van der Waals surface area contributed by atoms with Crippen LogP contribution in [0.5, 0.6) is 0 Å². The van der Waals surface area contributed by atoms with Gasteiger partial charge in [0.1, 0.15) is 9.73 Å². The zero-order chi connectivity index (χ0) is 18.6. The Morgan fingerprint density at radius 3 is 1.58 bits per heavy atom. The molecule has 0 spiro atoms. The lowest BCUT2D eigenvalue weighted by atomic mass is 10.2. The van der Waals surface area contributed by atoms with Crippen molar-refractivity contribution in [2.24, 2.45) is 3.77 Å². The molecule has 0 fully saturated rings. The second kappa shape index (κ2) is 7.39. The molecule has 0 saturated carbocycles.